The fourth-order valence-electron chi connectivity index (χ4n) is 9.30. The lowest BCUT2D eigenvalue weighted by Crippen LogP contribution is -2.58. The predicted molar refractivity (Wildman–Crippen MR) is 306 cm³/mol. The average molecular weight is 1220 g/mol. The highest BCUT2D eigenvalue weighted by atomic mass is 32.1. The second kappa shape index (κ2) is 28.6. The van der Waals surface area contributed by atoms with E-state index in [1.54, 1.807) is 52.0 Å². The van der Waals surface area contributed by atoms with Crippen molar-refractivity contribution in [3.63, 3.8) is 0 Å². The van der Waals surface area contributed by atoms with Crippen molar-refractivity contribution in [2.75, 3.05) is 25.0 Å². The van der Waals surface area contributed by atoms with Crippen LogP contribution in [0.4, 0.5) is 5.69 Å². The molecule has 6 rings (SSSR count). The Morgan fingerprint density at radius 2 is 1.20 bits per heavy atom. The number of phenolic OH excluding ortho intramolecular Hbond substituents is 2. The first-order valence-corrected chi connectivity index (χ1v) is 28.6. The van der Waals surface area contributed by atoms with Crippen molar-refractivity contribution in [1.82, 2.24) is 37.2 Å². The van der Waals surface area contributed by atoms with Crippen LogP contribution >= 0.6 is 20.0 Å². The minimum atomic E-state index is -4.97. The van der Waals surface area contributed by atoms with Crippen molar-refractivity contribution in [3.05, 3.63) is 107 Å². The Morgan fingerprint density at radius 1 is 0.659 bits per heavy atom. The molecule has 0 aliphatic carbocycles. The molecule has 456 valence electrons. The van der Waals surface area contributed by atoms with Gasteiger partial charge in [0.1, 0.15) is 59.0 Å². The van der Waals surface area contributed by atoms with Gasteiger partial charge in [-0.1, -0.05) is 45.9 Å². The van der Waals surface area contributed by atoms with Crippen LogP contribution in [0.25, 0.3) is 0 Å². The summed E-state index contributed by atoms with van der Waals surface area (Å²) in [7, 11) is -4.97. The molecule has 2 aliphatic rings. The maximum absolute atomic E-state index is 14.3. The summed E-state index contributed by atoms with van der Waals surface area (Å²) in [6.07, 6.45) is -1.29. The maximum Gasteiger partial charge on any atom is 0.524 e. The Labute approximate surface area is 492 Å². The number of phosphoric acid groups is 1. The number of phosphoric ester groups is 1. The number of amides is 8. The van der Waals surface area contributed by atoms with Crippen molar-refractivity contribution < 1.29 is 86.8 Å². The van der Waals surface area contributed by atoms with Gasteiger partial charge in [-0.05, 0) is 97.4 Å². The van der Waals surface area contributed by atoms with Crippen molar-refractivity contribution in [2.45, 2.75) is 102 Å². The molecule has 30 heteroatoms. The number of carbonyl (C=O) groups excluding carboxylic acids is 9. The van der Waals surface area contributed by atoms with Crippen LogP contribution in [0.15, 0.2) is 78.9 Å². The normalized spacial score (nSPS) is 14.5. The van der Waals surface area contributed by atoms with Gasteiger partial charge < -0.3 is 83.3 Å². The van der Waals surface area contributed by atoms with E-state index in [1.807, 2.05) is 0 Å². The lowest BCUT2D eigenvalue weighted by molar-refractivity contribution is -0.134. The number of nitrogens with two attached hydrogens (primary N) is 2. The third-order valence-corrected chi connectivity index (χ3v) is 13.9. The van der Waals surface area contributed by atoms with E-state index < -0.39 is 123 Å². The van der Waals surface area contributed by atoms with Gasteiger partial charge in [0.25, 0.3) is 0 Å². The zero-order chi connectivity index (χ0) is 62.5. The van der Waals surface area contributed by atoms with E-state index >= 15 is 0 Å². The fraction of sp³-hybridized carbons (Fsp3) is 0.382. The van der Waals surface area contributed by atoms with E-state index in [-0.39, 0.29) is 83.5 Å². The van der Waals surface area contributed by atoms with E-state index in [1.165, 1.54) is 54.6 Å². The Hall–Kier alpha value is -8.89. The monoisotopic (exact) mass is 1220 g/mol. The highest BCUT2D eigenvalue weighted by Gasteiger charge is 2.54. The van der Waals surface area contributed by atoms with Crippen LogP contribution < -0.4 is 63.3 Å². The fourth-order valence-corrected chi connectivity index (χ4v) is 9.92. The van der Waals surface area contributed by atoms with Crippen LogP contribution in [0.3, 0.4) is 0 Å². The number of nitrogens with one attached hydrogen (secondary N) is 8. The number of hydrogen-bond acceptors (Lipinski definition) is 17. The van der Waals surface area contributed by atoms with E-state index in [0.717, 1.165) is 0 Å². The molecule has 0 bridgehead atoms. The molecule has 0 radical (unpaired) electrons. The number of ether oxygens (including phenoxy) is 2. The van der Waals surface area contributed by atoms with Crippen LogP contribution in [-0.2, 0) is 59.7 Å². The molecule has 5 atom stereocenters. The van der Waals surface area contributed by atoms with Crippen LogP contribution in [-0.4, -0.2) is 133 Å². The lowest BCUT2D eigenvalue weighted by atomic mass is 9.77. The number of rotatable bonds is 28. The van der Waals surface area contributed by atoms with Crippen molar-refractivity contribution in [1.29, 1.82) is 0 Å². The Bertz CT molecular complexity index is 3220. The molecule has 0 aromatic heterocycles. The number of aromatic hydroxyl groups is 2. The summed E-state index contributed by atoms with van der Waals surface area (Å²) in [5, 5.41) is 50.7. The number of hydrogen-bond donors (Lipinski definition) is 15. The van der Waals surface area contributed by atoms with Gasteiger partial charge in [-0.2, -0.15) is 0 Å². The third-order valence-electron chi connectivity index (χ3n) is 13.2. The summed E-state index contributed by atoms with van der Waals surface area (Å²) < 4.78 is 28.3. The number of aliphatic hydroxyl groups excluding tert-OH is 1. The first-order valence-electron chi connectivity index (χ1n) is 26.6. The number of fused-ring (bicyclic) bond motifs is 6. The highest BCUT2D eigenvalue weighted by Crippen LogP contribution is 2.57. The minimum absolute atomic E-state index is 0.0508. The van der Waals surface area contributed by atoms with E-state index in [9.17, 15) is 72.8 Å². The second-order valence-electron chi connectivity index (χ2n) is 20.8. The molecule has 0 saturated carbocycles. The highest BCUT2D eigenvalue weighted by molar-refractivity contribution is 7.80. The molecule has 17 N–H and O–H groups in total. The van der Waals surface area contributed by atoms with Gasteiger partial charge in [-0.3, -0.25) is 48.1 Å². The molecule has 4 aromatic rings. The molecular formula is C55H67N10O18PS. The van der Waals surface area contributed by atoms with Crippen molar-refractivity contribution in [3.8, 4) is 28.7 Å². The molecule has 1 spiro atoms. The first-order chi connectivity index (χ1) is 40.0. The molecule has 0 unspecified atom stereocenters. The Kier molecular flexibility index (Phi) is 22.0. The van der Waals surface area contributed by atoms with Gasteiger partial charge in [-0.15, -0.1) is 0 Å². The van der Waals surface area contributed by atoms with Crippen LogP contribution in [0.1, 0.15) is 92.4 Å². The molecule has 8 amide bonds. The zero-order valence-corrected chi connectivity index (χ0v) is 48.2. The topological polar surface area (TPSA) is 448 Å². The summed E-state index contributed by atoms with van der Waals surface area (Å²) in [5.41, 5.74) is 11.3. The lowest BCUT2D eigenvalue weighted by Gasteiger charge is -2.36. The van der Waals surface area contributed by atoms with Crippen LogP contribution in [0.2, 0.25) is 0 Å². The molecular weight excluding hydrogens is 1150 g/mol. The van der Waals surface area contributed by atoms with Gasteiger partial charge in [-0.25, -0.2) is 9.36 Å². The van der Waals surface area contributed by atoms with E-state index in [4.69, 9.17) is 33.2 Å². The molecule has 2 heterocycles. The Balaban J connectivity index is 1.12. The second-order valence-corrected chi connectivity index (χ2v) is 22.4. The predicted octanol–water partition coefficient (Wildman–Crippen LogP) is 0.432. The van der Waals surface area contributed by atoms with Gasteiger partial charge in [0.05, 0.1) is 18.7 Å². The van der Waals surface area contributed by atoms with Crippen molar-refractivity contribution in [2.24, 2.45) is 23.3 Å². The van der Waals surface area contributed by atoms with Gasteiger partial charge in [0, 0.05) is 60.3 Å². The quantitative estimate of drug-likeness (QED) is 0.0208. The summed E-state index contributed by atoms with van der Waals surface area (Å²) in [5.74, 6) is -8.18. The van der Waals surface area contributed by atoms with Gasteiger partial charge in [0.15, 0.2) is 10.7 Å². The Morgan fingerprint density at radius 3 is 1.74 bits per heavy atom. The smallest absolute Gasteiger partial charge is 0.508 e. The summed E-state index contributed by atoms with van der Waals surface area (Å²) >= 11 is 5.52. The molecule has 85 heavy (non-hydrogen) atoms. The van der Waals surface area contributed by atoms with Crippen LogP contribution in [0, 0.1) is 11.8 Å². The number of primary amides is 2. The molecule has 28 nitrogen and oxygen atoms in total. The number of aliphatic hydroxyl groups is 1. The molecule has 0 fully saturated rings. The van der Waals surface area contributed by atoms with Crippen LogP contribution in [0.5, 0.6) is 28.7 Å². The number of carbonyl (C=O) groups is 9. The van der Waals surface area contributed by atoms with Gasteiger partial charge in [0.2, 0.25) is 47.3 Å². The molecule has 4 aromatic carbocycles. The summed E-state index contributed by atoms with van der Waals surface area (Å²) in [6, 6.07) is 11.6. The molecule has 2 aliphatic heterocycles. The standard InChI is InChI=1S/C55H67N10O18PS/c1-27(2)19-39(61-46(70)17-18-58-54(85)60-30-7-12-35-34(22-30)53(77)82-55(35)36-13-8-31(67)23-43(36)81-44-24-32(68)9-14-37(44)55)50(74)64-41(21-29-5-10-33(11-6-29)83-84(78,79)80)52(76)63-38(15-16-45(56)69)49(73)59-25-47(71)62-40(20-28(3)4)51(75)65-42(26-66)48(57)72/h5-14,22-24,27-28,38-42,66-68H,15-21,25-26H2,1-4H3,(H2,56,69)(H2,57,72)(H,59,73)(H,61,70)(H,62,71)(H,63,76)(H,64,74)(H,65,75)(H2,58,60,85)(H2,78,79,80)/t38-,39-,40-,41-,42-/m0/s1. The molecule has 0 saturated heterocycles. The number of phenols is 2. The third kappa shape index (κ3) is 17.8. The number of benzene rings is 4. The van der Waals surface area contributed by atoms with E-state index in [0.29, 0.717) is 27.9 Å². The minimum Gasteiger partial charge on any atom is -0.508 e. The average Bonchev–Trinajstić information content (AvgIpc) is 1.70. The summed E-state index contributed by atoms with van der Waals surface area (Å²) in [4.78, 5) is 138. The van der Waals surface area contributed by atoms with Crippen molar-refractivity contribution >= 4 is 84.1 Å². The summed E-state index contributed by atoms with van der Waals surface area (Å²) in [6.45, 7) is 5.40. The largest absolute Gasteiger partial charge is 0.524 e. The number of anilines is 1. The zero-order valence-electron chi connectivity index (χ0n) is 46.5. The van der Waals surface area contributed by atoms with E-state index in [2.05, 4.69) is 47.1 Å². The SMILES string of the molecule is CC(C)C[C@H](NC(=O)CNC(=O)[C@H](CCC(N)=O)NC(=O)[C@H](Cc1ccc(OP(=O)(O)O)cc1)NC(=O)[C@H](CC(C)C)NC(=O)CCNC(=S)Nc1ccc2c(c1)C(=O)OC21c2ccc(O)cc2Oc2cc(O)ccc21)C(=O)N[C@@H](CO)C(N)=O. The van der Waals surface area contributed by atoms with Gasteiger partial charge >= 0.3 is 13.8 Å². The number of esters is 1. The number of thiocarbonyl (C=S) groups is 1. The maximum atomic E-state index is 14.3. The first kappa shape index (κ1) is 65.3.